The Morgan fingerprint density at radius 1 is 1.08 bits per heavy atom. The third-order valence-electron chi connectivity index (χ3n) is 9.97. The largest absolute Gasteiger partial charge is 0.377 e. The predicted molar refractivity (Wildman–Crippen MR) is 189 cm³/mol. The fraction of sp³-hybridized carbons (Fsp3) is 0.432. The molecule has 3 aliphatic heterocycles. The van der Waals surface area contributed by atoms with Gasteiger partial charge in [0.2, 0.25) is 10.5 Å². The van der Waals surface area contributed by atoms with E-state index in [4.69, 9.17) is 9.84 Å². The van der Waals surface area contributed by atoms with E-state index in [0.717, 1.165) is 60.7 Å². The van der Waals surface area contributed by atoms with Crippen molar-refractivity contribution >= 4 is 49.1 Å². The number of aryl methyl sites for hydroxylation is 2. The van der Waals surface area contributed by atoms with Crippen LogP contribution in [0.25, 0.3) is 22.0 Å². The van der Waals surface area contributed by atoms with Crippen molar-refractivity contribution in [3.8, 4) is 11.1 Å². The smallest absolute Gasteiger partial charge is 0.260 e. The number of halogens is 1. The number of nitrogens with zero attached hydrogens (tertiary/aromatic N) is 6. The maximum absolute atomic E-state index is 14.4. The molecule has 2 bridgehead atoms. The summed E-state index contributed by atoms with van der Waals surface area (Å²) < 4.78 is 8.33. The Bertz CT molecular complexity index is 1960. The van der Waals surface area contributed by atoms with E-state index in [-0.39, 0.29) is 35.6 Å². The molecule has 0 radical (unpaired) electrons. The molecule has 0 spiro atoms. The Kier molecular flexibility index (Phi) is 9.13. The highest BCUT2D eigenvalue weighted by Gasteiger charge is 2.67. The lowest BCUT2D eigenvalue weighted by atomic mass is 9.97. The van der Waals surface area contributed by atoms with Gasteiger partial charge in [0, 0.05) is 47.8 Å². The number of rotatable bonds is 4. The summed E-state index contributed by atoms with van der Waals surface area (Å²) in [5.74, 6) is 0.369. The zero-order chi connectivity index (χ0) is 34.3. The van der Waals surface area contributed by atoms with Crippen molar-refractivity contribution in [1.29, 1.82) is 0 Å². The summed E-state index contributed by atoms with van der Waals surface area (Å²) in [6.45, 7) is 6.02. The van der Waals surface area contributed by atoms with Gasteiger partial charge in [0.15, 0.2) is 11.4 Å². The summed E-state index contributed by atoms with van der Waals surface area (Å²) in [6.07, 6.45) is 18.6. The zero-order valence-corrected chi connectivity index (χ0v) is 29.5. The second kappa shape index (κ2) is 13.5. The molecule has 1 saturated carbocycles. The van der Waals surface area contributed by atoms with Crippen molar-refractivity contribution in [3.63, 3.8) is 0 Å². The quantitative estimate of drug-likeness (QED) is 0.212. The van der Waals surface area contributed by atoms with E-state index in [2.05, 4.69) is 60.5 Å². The maximum Gasteiger partial charge on any atom is 0.260 e. The van der Waals surface area contributed by atoms with Gasteiger partial charge in [-0.1, -0.05) is 23.6 Å². The van der Waals surface area contributed by atoms with E-state index in [9.17, 15) is 14.4 Å². The van der Waals surface area contributed by atoms with Crippen molar-refractivity contribution in [3.05, 3.63) is 77.3 Å². The van der Waals surface area contributed by atoms with Crippen LogP contribution in [-0.4, -0.2) is 72.2 Å². The van der Waals surface area contributed by atoms with E-state index < -0.39 is 6.04 Å². The van der Waals surface area contributed by atoms with Gasteiger partial charge in [-0.15, -0.1) is 0 Å². The lowest BCUT2D eigenvalue weighted by Gasteiger charge is -2.26. The third-order valence-corrected chi connectivity index (χ3v) is 10.4. The lowest BCUT2D eigenvalue weighted by Crippen LogP contribution is -2.48. The first-order valence-electron chi connectivity index (χ1n) is 16.9. The number of hydrogen-bond acceptors (Lipinski definition) is 8. The molecular weight excluding hydrogens is 686 g/mol. The molecule has 5 heterocycles. The molecule has 1 N–H and O–H groups in total. The van der Waals surface area contributed by atoms with Gasteiger partial charge >= 0.3 is 0 Å². The Labute approximate surface area is 293 Å². The molecule has 252 valence electrons. The molecular formula is C37H39BrN7O4+. The minimum atomic E-state index is -0.714. The number of piperidine rings is 1. The zero-order valence-electron chi connectivity index (χ0n) is 28.0. The van der Waals surface area contributed by atoms with Crippen molar-refractivity contribution in [1.82, 2.24) is 30.0 Å². The average Bonchev–Trinajstić information content (AvgIpc) is 3.48. The van der Waals surface area contributed by atoms with Crippen LogP contribution < -0.4 is 5.32 Å². The molecule has 2 amide bonds. The number of Topliss-reactive ketones (excluding diaryl/α,β-unsaturated/α-hetero) is 1. The van der Waals surface area contributed by atoms with Gasteiger partial charge in [-0.2, -0.15) is 5.10 Å². The molecule has 11 nitrogen and oxygen atoms in total. The minimum Gasteiger partial charge on any atom is -0.377 e. The normalized spacial score (nSPS) is 24.9. The van der Waals surface area contributed by atoms with Crippen LogP contribution in [0.15, 0.2) is 59.1 Å². The molecule has 1 saturated heterocycles. The second-order valence-electron chi connectivity index (χ2n) is 13.5. The summed E-state index contributed by atoms with van der Waals surface area (Å²) in [7, 11) is 0. The molecule has 3 aromatic rings. The standard InChI is InChI=1S/C37H38BrN7O4/c1-22-11-12-31(38)41-35(22)42-36(48)29-16-37-17-30(37)45(29)32(47)20-44-34-25(10-8-6-4-5-7-9-13-49-21-37)14-26(27-18-39-24(3)40-19-27)15-28(34)33(43-44)23(2)46/h7,9,12,14-15,18-19,29-30H,4-6,8,10,13,16-17,20-21H2,1-3H3/p+1/b9-7+/t29-,30+,37-/m0/s1. The van der Waals surface area contributed by atoms with Crippen LogP contribution in [0.5, 0.6) is 0 Å². The summed E-state index contributed by atoms with van der Waals surface area (Å²) in [4.78, 5) is 56.3. The number of amides is 2. The van der Waals surface area contributed by atoms with E-state index in [0.29, 0.717) is 52.6 Å². The Morgan fingerprint density at radius 3 is 2.69 bits per heavy atom. The Balaban J connectivity index is 1.28. The number of aromatic nitrogens is 4. The van der Waals surface area contributed by atoms with Crippen molar-refractivity contribution in [2.75, 3.05) is 13.2 Å². The van der Waals surface area contributed by atoms with E-state index in [1.807, 2.05) is 19.9 Å². The molecule has 1 aliphatic carbocycles. The first kappa shape index (κ1) is 33.1. The summed E-state index contributed by atoms with van der Waals surface area (Å²) in [5, 5.41) is 8.42. The molecule has 0 unspecified atom stereocenters. The van der Waals surface area contributed by atoms with E-state index in [1.54, 1.807) is 28.1 Å². The van der Waals surface area contributed by atoms with Crippen LogP contribution in [-0.2, 0) is 27.3 Å². The maximum atomic E-state index is 14.4. The van der Waals surface area contributed by atoms with Gasteiger partial charge in [0.1, 0.15) is 30.2 Å². The number of allylic oxidation sites excluding steroid dienone is 4. The predicted octanol–water partition coefficient (Wildman–Crippen LogP) is 5.57. The number of hydrogen-bond donors (Lipinski definition) is 1. The molecule has 12 heteroatoms. The topological polar surface area (TPSA) is 132 Å². The van der Waals surface area contributed by atoms with Crippen LogP contribution in [0.4, 0.5) is 0 Å². The highest BCUT2D eigenvalue weighted by molar-refractivity contribution is 9.18. The summed E-state index contributed by atoms with van der Waals surface area (Å²) in [5.41, 5.74) is 4.24. The van der Waals surface area contributed by atoms with Crippen LogP contribution >= 0.6 is 15.9 Å². The van der Waals surface area contributed by atoms with Gasteiger partial charge < -0.3 is 9.64 Å². The SMILES string of the molecule is CC(=O)c1nn2c3c(cc(-c4cnc(C)nc4)cc13)CCCCC/C=C/COC[C@@]13C[C@@H](C(=O)NC4=C(C)[C+]=CC(Br)=N4)N(C(=O)C2)[C@@H]1C3. The molecule has 2 aromatic heterocycles. The van der Waals surface area contributed by atoms with Crippen LogP contribution in [0.2, 0.25) is 0 Å². The molecule has 2 fully saturated rings. The van der Waals surface area contributed by atoms with E-state index in [1.165, 1.54) is 6.92 Å². The number of carbonyl (C=O) groups is 3. The summed E-state index contributed by atoms with van der Waals surface area (Å²) >= 11 is 3.37. The van der Waals surface area contributed by atoms with Gasteiger partial charge in [-0.05, 0) is 75.6 Å². The first-order valence-corrected chi connectivity index (χ1v) is 17.7. The van der Waals surface area contributed by atoms with Crippen LogP contribution in [0.1, 0.15) is 74.2 Å². The number of aliphatic imine (C=N–C) groups is 1. The second-order valence-corrected chi connectivity index (χ2v) is 14.3. The fourth-order valence-electron chi connectivity index (χ4n) is 7.36. The Morgan fingerprint density at radius 2 is 1.90 bits per heavy atom. The molecule has 4 aliphatic rings. The monoisotopic (exact) mass is 724 g/mol. The Hall–Kier alpha value is -4.38. The summed E-state index contributed by atoms with van der Waals surface area (Å²) in [6, 6.07) is 3.22. The molecule has 49 heavy (non-hydrogen) atoms. The number of benzene rings is 1. The average molecular weight is 726 g/mol. The van der Waals surface area contributed by atoms with Gasteiger partial charge in [0.25, 0.3) is 11.7 Å². The fourth-order valence-corrected chi connectivity index (χ4v) is 7.65. The third kappa shape index (κ3) is 6.65. The first-order chi connectivity index (χ1) is 23.6. The number of ether oxygens (including phenoxy) is 1. The molecule has 3 atom stereocenters. The highest BCUT2D eigenvalue weighted by atomic mass is 79.9. The van der Waals surface area contributed by atoms with Crippen LogP contribution in [0, 0.1) is 18.4 Å². The van der Waals surface area contributed by atoms with Crippen molar-refractivity contribution < 1.29 is 19.1 Å². The number of carbonyl (C=O) groups excluding carboxylic acids is 3. The highest BCUT2D eigenvalue weighted by Crippen LogP contribution is 2.59. The van der Waals surface area contributed by atoms with Gasteiger partial charge in [0.05, 0.1) is 34.7 Å². The number of ketones is 1. The van der Waals surface area contributed by atoms with E-state index >= 15 is 0 Å². The van der Waals surface area contributed by atoms with Gasteiger partial charge in [-0.25, -0.2) is 9.97 Å². The van der Waals surface area contributed by atoms with Gasteiger partial charge in [-0.3, -0.25) is 24.4 Å². The number of nitrogens with one attached hydrogen (secondary N) is 1. The minimum absolute atomic E-state index is 0.105. The van der Waals surface area contributed by atoms with Crippen molar-refractivity contribution in [2.45, 2.75) is 84.3 Å². The van der Waals surface area contributed by atoms with Crippen molar-refractivity contribution in [2.24, 2.45) is 10.4 Å². The molecule has 7 rings (SSSR count). The molecule has 1 aromatic carbocycles. The lowest BCUT2D eigenvalue weighted by molar-refractivity contribution is -0.140. The van der Waals surface area contributed by atoms with Crippen LogP contribution in [0.3, 0.4) is 0 Å².